The van der Waals surface area contributed by atoms with Crippen LogP contribution in [-0.2, 0) is 19.5 Å². The second kappa shape index (κ2) is 14.1. The molecule has 0 spiro atoms. The first-order valence-electron chi connectivity index (χ1n) is 16.4. The van der Waals surface area contributed by atoms with E-state index in [1.165, 1.54) is 6.07 Å². The molecule has 4 heterocycles. The van der Waals surface area contributed by atoms with Crippen LogP contribution in [0.25, 0.3) is 22.0 Å². The van der Waals surface area contributed by atoms with Gasteiger partial charge in [0.2, 0.25) is 21.9 Å². The highest BCUT2D eigenvalue weighted by Crippen LogP contribution is 2.40. The highest BCUT2D eigenvalue weighted by molar-refractivity contribution is 7.92. The van der Waals surface area contributed by atoms with Gasteiger partial charge in [-0.3, -0.25) is 4.72 Å². The number of hydrogen-bond acceptors (Lipinski definition) is 10. The maximum atomic E-state index is 15.2. The van der Waals surface area contributed by atoms with Gasteiger partial charge in [0.05, 0.1) is 28.8 Å². The summed E-state index contributed by atoms with van der Waals surface area (Å²) >= 11 is 0. The zero-order valence-electron chi connectivity index (χ0n) is 28.0. The first-order chi connectivity index (χ1) is 23.3. The van der Waals surface area contributed by atoms with Crippen LogP contribution in [0.2, 0.25) is 0 Å². The Kier molecular flexibility index (Phi) is 9.89. The van der Waals surface area contributed by atoms with E-state index in [9.17, 15) is 13.2 Å². The molecule has 0 aliphatic carbocycles. The smallest absolute Gasteiger partial charge is 0.410 e. The van der Waals surface area contributed by atoms with Crippen molar-refractivity contribution in [1.82, 2.24) is 19.9 Å². The molecule has 49 heavy (non-hydrogen) atoms. The van der Waals surface area contributed by atoms with Crippen molar-refractivity contribution in [2.45, 2.75) is 71.1 Å². The summed E-state index contributed by atoms with van der Waals surface area (Å²) in [4.78, 5) is 28.0. The number of aryl methyl sites for hydroxylation is 1. The molecular weight excluding hydrogens is 651 g/mol. The Bertz CT molecular complexity index is 1950. The van der Waals surface area contributed by atoms with Gasteiger partial charge in [-0.05, 0) is 89.3 Å². The number of nitrogens with one attached hydrogen (secondary N) is 2. The van der Waals surface area contributed by atoms with Gasteiger partial charge in [-0.2, -0.15) is 0 Å². The van der Waals surface area contributed by atoms with Crippen LogP contribution >= 0.6 is 0 Å². The molecule has 260 valence electrons. The van der Waals surface area contributed by atoms with Gasteiger partial charge in [0.1, 0.15) is 17.2 Å². The number of nitrogens with zero attached hydrogens (tertiary/aromatic N) is 4. The molecule has 2 aliphatic heterocycles. The number of benzene rings is 2. The largest absolute Gasteiger partial charge is 0.444 e. The number of likely N-dealkylation sites (tertiary alicyclic amines) is 1. The Hall–Kier alpha value is -4.56. The Morgan fingerprint density at radius 2 is 1.88 bits per heavy atom. The van der Waals surface area contributed by atoms with Crippen molar-refractivity contribution in [3.8, 4) is 22.9 Å². The molecule has 2 aromatic carbocycles. The van der Waals surface area contributed by atoms with Gasteiger partial charge in [-0.15, -0.1) is 0 Å². The number of halogens is 1. The summed E-state index contributed by atoms with van der Waals surface area (Å²) in [5.74, 6) is 0.0775. The van der Waals surface area contributed by atoms with E-state index in [2.05, 4.69) is 20.0 Å². The normalized spacial score (nSPS) is 18.3. The van der Waals surface area contributed by atoms with Crippen molar-refractivity contribution in [1.29, 1.82) is 0 Å². The van der Waals surface area contributed by atoms with E-state index >= 15 is 4.39 Å². The number of sulfonamides is 1. The second-order valence-corrected chi connectivity index (χ2v) is 15.1. The Morgan fingerprint density at radius 3 is 2.65 bits per heavy atom. The first kappa shape index (κ1) is 34.3. The maximum Gasteiger partial charge on any atom is 0.410 e. The van der Waals surface area contributed by atoms with Crippen molar-refractivity contribution in [2.24, 2.45) is 0 Å². The molecule has 2 atom stereocenters. The lowest BCUT2D eigenvalue weighted by molar-refractivity contribution is 0.0206. The number of amides is 1. The fraction of sp³-hybridized carbons (Fsp3) is 0.429. The van der Waals surface area contributed by atoms with Crippen LogP contribution in [0.4, 0.5) is 20.8 Å². The van der Waals surface area contributed by atoms with Crippen LogP contribution in [0, 0.1) is 12.7 Å². The topological polar surface area (TPSA) is 145 Å². The Morgan fingerprint density at radius 1 is 1.06 bits per heavy atom. The molecule has 2 aromatic heterocycles. The molecule has 0 saturated carbocycles. The van der Waals surface area contributed by atoms with Gasteiger partial charge in [0.15, 0.2) is 0 Å². The lowest BCUT2D eigenvalue weighted by Crippen LogP contribution is -2.47. The standard InChI is InChI=1S/C35H41FN6O6S/c1-22-11-12-25-26(13-14-28(36)30(25)41-49(44,45)21-24-9-7-19-46-24)31(22)47-32-27(10-5-16-37-32)29-15-17-38-33(40-29)39-23-8-6-18-42(20-23)34(43)48-35(2,3)4/h5,10-17,23-24,41H,6-9,18-21H2,1-4H3,(H,38,39,40)/t23-,24-/m0/s1. The van der Waals surface area contributed by atoms with Crippen molar-refractivity contribution < 1.29 is 31.8 Å². The van der Waals surface area contributed by atoms with Crippen LogP contribution in [-0.4, -0.2) is 77.6 Å². The van der Waals surface area contributed by atoms with E-state index in [1.807, 2.05) is 33.8 Å². The zero-order valence-corrected chi connectivity index (χ0v) is 28.8. The molecule has 12 nitrogen and oxygen atoms in total. The summed E-state index contributed by atoms with van der Waals surface area (Å²) in [6.07, 6.45) is 5.53. The van der Waals surface area contributed by atoms with Crippen LogP contribution in [0.1, 0.15) is 52.0 Å². The number of rotatable bonds is 9. The van der Waals surface area contributed by atoms with E-state index in [4.69, 9.17) is 19.2 Å². The van der Waals surface area contributed by atoms with Crippen molar-refractivity contribution in [3.63, 3.8) is 0 Å². The number of ether oxygens (including phenoxy) is 3. The van der Waals surface area contributed by atoms with Gasteiger partial charge in [0, 0.05) is 48.9 Å². The highest BCUT2D eigenvalue weighted by atomic mass is 32.2. The monoisotopic (exact) mass is 692 g/mol. The highest BCUT2D eigenvalue weighted by Gasteiger charge is 2.29. The zero-order chi connectivity index (χ0) is 34.8. The van der Waals surface area contributed by atoms with E-state index in [0.717, 1.165) is 24.8 Å². The molecule has 2 saturated heterocycles. The SMILES string of the molecule is Cc1ccc2c(NS(=O)(=O)C[C@@H]3CCCO3)c(F)ccc2c1Oc1ncccc1-c1ccnc(N[C@H]2CCCN(C(=O)OC(C)(C)C)C2)n1. The number of fused-ring (bicyclic) bond motifs is 1. The van der Waals surface area contributed by atoms with Gasteiger partial charge >= 0.3 is 6.09 Å². The Balaban J connectivity index is 1.25. The van der Waals surface area contributed by atoms with E-state index in [0.29, 0.717) is 59.8 Å². The van der Waals surface area contributed by atoms with Crippen molar-refractivity contribution >= 4 is 38.5 Å². The molecule has 14 heteroatoms. The van der Waals surface area contributed by atoms with E-state index in [1.54, 1.807) is 47.6 Å². The van der Waals surface area contributed by atoms with Gasteiger partial charge in [-0.1, -0.05) is 12.1 Å². The lowest BCUT2D eigenvalue weighted by Gasteiger charge is -2.34. The van der Waals surface area contributed by atoms with Crippen LogP contribution < -0.4 is 14.8 Å². The summed E-state index contributed by atoms with van der Waals surface area (Å²) in [5.41, 5.74) is 1.14. The average Bonchev–Trinajstić information content (AvgIpc) is 3.55. The fourth-order valence-electron chi connectivity index (χ4n) is 6.03. The van der Waals surface area contributed by atoms with Gasteiger partial charge < -0.3 is 24.4 Å². The van der Waals surface area contributed by atoms with E-state index < -0.39 is 27.5 Å². The van der Waals surface area contributed by atoms with Crippen LogP contribution in [0.5, 0.6) is 11.6 Å². The molecule has 4 aromatic rings. The minimum atomic E-state index is -3.90. The average molecular weight is 693 g/mol. The minimum absolute atomic E-state index is 0.0721. The number of carbonyl (C=O) groups is 1. The number of carbonyl (C=O) groups excluding carboxylic acids is 1. The number of piperidine rings is 1. The maximum absolute atomic E-state index is 15.2. The fourth-order valence-corrected chi connectivity index (χ4v) is 7.38. The molecule has 2 aliphatic rings. The summed E-state index contributed by atoms with van der Waals surface area (Å²) in [5, 5.41) is 4.21. The summed E-state index contributed by atoms with van der Waals surface area (Å²) in [7, 11) is -3.90. The number of anilines is 2. The van der Waals surface area contributed by atoms with Gasteiger partial charge in [-0.25, -0.2) is 32.6 Å². The third kappa shape index (κ3) is 8.36. The first-order valence-corrected chi connectivity index (χ1v) is 18.0. The third-order valence-corrected chi connectivity index (χ3v) is 9.62. The van der Waals surface area contributed by atoms with Crippen molar-refractivity contribution in [3.05, 3.63) is 66.2 Å². The molecule has 2 N–H and O–H groups in total. The number of hydrogen-bond donors (Lipinski definition) is 2. The second-order valence-electron chi connectivity index (χ2n) is 13.4. The van der Waals surface area contributed by atoms with Gasteiger partial charge in [0.25, 0.3) is 0 Å². The molecule has 0 radical (unpaired) electrons. The molecule has 2 fully saturated rings. The lowest BCUT2D eigenvalue weighted by atomic mass is 10.0. The third-order valence-electron chi connectivity index (χ3n) is 8.29. The summed E-state index contributed by atoms with van der Waals surface area (Å²) in [6.45, 7) is 8.97. The molecule has 0 bridgehead atoms. The predicted molar refractivity (Wildman–Crippen MR) is 185 cm³/mol. The van der Waals surface area contributed by atoms with Crippen molar-refractivity contribution in [2.75, 3.05) is 35.5 Å². The summed E-state index contributed by atoms with van der Waals surface area (Å²) in [6, 6.07) is 11.5. The summed E-state index contributed by atoms with van der Waals surface area (Å²) < 4.78 is 61.1. The molecule has 1 amide bonds. The number of pyridine rings is 1. The number of aromatic nitrogens is 3. The molecular formula is C35H41FN6O6S. The minimum Gasteiger partial charge on any atom is -0.444 e. The van der Waals surface area contributed by atoms with E-state index in [-0.39, 0.29) is 29.5 Å². The molecule has 0 unspecified atom stereocenters. The van der Waals surface area contributed by atoms with Crippen LogP contribution in [0.3, 0.4) is 0 Å². The van der Waals surface area contributed by atoms with Crippen LogP contribution in [0.15, 0.2) is 54.9 Å². The quantitative estimate of drug-likeness (QED) is 0.195. The predicted octanol–water partition coefficient (Wildman–Crippen LogP) is 6.66. The molecule has 6 rings (SSSR count). The Labute approximate surface area is 285 Å².